The molecule has 2 aromatic rings. The number of aryl methyl sites for hydroxylation is 1. The Labute approximate surface area is 152 Å². The predicted molar refractivity (Wildman–Crippen MR) is 97.3 cm³/mol. The third kappa shape index (κ3) is 3.71. The van der Waals surface area contributed by atoms with Crippen molar-refractivity contribution < 1.29 is 13.2 Å². The molecule has 1 aliphatic heterocycles. The molecule has 132 valence electrons. The van der Waals surface area contributed by atoms with E-state index >= 15 is 0 Å². The number of benzene rings is 2. The SMILES string of the molecule is Cc1cccc(S(=O)(=O)N2CCN(C(=O)c3ccccc3Cl)CC2)c1. The Kier molecular flexibility index (Phi) is 5.13. The molecule has 0 atom stereocenters. The average molecular weight is 379 g/mol. The van der Waals surface area contributed by atoms with Crippen molar-refractivity contribution in [2.45, 2.75) is 11.8 Å². The highest BCUT2D eigenvalue weighted by Crippen LogP contribution is 2.21. The fraction of sp³-hybridized carbons (Fsp3) is 0.278. The third-order valence-corrected chi connectivity index (χ3v) is 6.48. The lowest BCUT2D eigenvalue weighted by atomic mass is 10.2. The Balaban J connectivity index is 1.72. The molecule has 0 bridgehead atoms. The van der Waals surface area contributed by atoms with Crippen LogP contribution in [0.25, 0.3) is 0 Å². The molecule has 1 aliphatic rings. The molecule has 1 fully saturated rings. The zero-order chi connectivity index (χ0) is 18.0. The fourth-order valence-corrected chi connectivity index (χ4v) is 4.61. The summed E-state index contributed by atoms with van der Waals surface area (Å²) in [6, 6.07) is 13.7. The minimum Gasteiger partial charge on any atom is -0.336 e. The summed E-state index contributed by atoms with van der Waals surface area (Å²) in [7, 11) is -3.54. The third-order valence-electron chi connectivity index (χ3n) is 4.26. The number of amides is 1. The van der Waals surface area contributed by atoms with Crippen LogP contribution in [0.5, 0.6) is 0 Å². The van der Waals surface area contributed by atoms with Crippen molar-refractivity contribution >= 4 is 27.5 Å². The van der Waals surface area contributed by atoms with Crippen LogP contribution in [0.15, 0.2) is 53.4 Å². The van der Waals surface area contributed by atoms with Gasteiger partial charge in [0.05, 0.1) is 15.5 Å². The van der Waals surface area contributed by atoms with E-state index in [0.717, 1.165) is 5.56 Å². The number of nitrogens with zero attached hydrogens (tertiary/aromatic N) is 2. The van der Waals surface area contributed by atoms with E-state index in [1.54, 1.807) is 47.4 Å². The van der Waals surface area contributed by atoms with E-state index in [-0.39, 0.29) is 19.0 Å². The van der Waals surface area contributed by atoms with E-state index in [1.807, 2.05) is 13.0 Å². The molecular formula is C18H19ClN2O3S. The van der Waals surface area contributed by atoms with Crippen molar-refractivity contribution in [3.05, 3.63) is 64.7 Å². The van der Waals surface area contributed by atoms with Gasteiger partial charge in [0, 0.05) is 26.2 Å². The lowest BCUT2D eigenvalue weighted by Crippen LogP contribution is -2.50. The summed E-state index contributed by atoms with van der Waals surface area (Å²) in [5.74, 6) is -0.168. The average Bonchev–Trinajstić information content (AvgIpc) is 2.62. The number of hydrogen-bond donors (Lipinski definition) is 0. The van der Waals surface area contributed by atoms with Crippen LogP contribution in [0, 0.1) is 6.92 Å². The topological polar surface area (TPSA) is 57.7 Å². The summed E-state index contributed by atoms with van der Waals surface area (Å²) in [4.78, 5) is 14.5. The van der Waals surface area contributed by atoms with Crippen molar-refractivity contribution in [3.8, 4) is 0 Å². The Morgan fingerprint density at radius 3 is 2.32 bits per heavy atom. The Morgan fingerprint density at radius 2 is 1.68 bits per heavy atom. The molecule has 0 radical (unpaired) electrons. The zero-order valence-electron chi connectivity index (χ0n) is 13.9. The first-order chi connectivity index (χ1) is 11.9. The van der Waals surface area contributed by atoms with Crippen molar-refractivity contribution in [2.24, 2.45) is 0 Å². The number of carbonyl (C=O) groups is 1. The maximum atomic E-state index is 12.7. The number of hydrogen-bond acceptors (Lipinski definition) is 3. The summed E-state index contributed by atoms with van der Waals surface area (Å²) in [6.45, 7) is 3.09. The maximum absolute atomic E-state index is 12.7. The second kappa shape index (κ2) is 7.15. The molecule has 2 aromatic carbocycles. The van der Waals surface area contributed by atoms with E-state index in [2.05, 4.69) is 0 Å². The minimum absolute atomic E-state index is 0.168. The van der Waals surface area contributed by atoms with Crippen LogP contribution in [0.3, 0.4) is 0 Å². The van der Waals surface area contributed by atoms with Gasteiger partial charge in [-0.15, -0.1) is 0 Å². The Bertz CT molecular complexity index is 891. The molecule has 1 amide bonds. The highest BCUT2D eigenvalue weighted by Gasteiger charge is 2.30. The van der Waals surface area contributed by atoms with E-state index in [0.29, 0.717) is 28.6 Å². The molecular weight excluding hydrogens is 360 g/mol. The quantitative estimate of drug-likeness (QED) is 0.825. The molecule has 0 aromatic heterocycles. The molecule has 1 saturated heterocycles. The molecule has 0 unspecified atom stereocenters. The number of rotatable bonds is 3. The molecule has 7 heteroatoms. The molecule has 5 nitrogen and oxygen atoms in total. The molecule has 3 rings (SSSR count). The first-order valence-electron chi connectivity index (χ1n) is 8.00. The van der Waals surface area contributed by atoms with Crippen molar-refractivity contribution in [1.82, 2.24) is 9.21 Å². The maximum Gasteiger partial charge on any atom is 0.255 e. The van der Waals surface area contributed by atoms with Gasteiger partial charge in [0.2, 0.25) is 10.0 Å². The lowest BCUT2D eigenvalue weighted by Gasteiger charge is -2.34. The van der Waals surface area contributed by atoms with Crippen LogP contribution < -0.4 is 0 Å². The smallest absolute Gasteiger partial charge is 0.255 e. The van der Waals surface area contributed by atoms with Gasteiger partial charge in [-0.2, -0.15) is 4.31 Å². The van der Waals surface area contributed by atoms with Crippen LogP contribution in [-0.2, 0) is 10.0 Å². The predicted octanol–water partition coefficient (Wildman–Crippen LogP) is 2.80. The summed E-state index contributed by atoms with van der Waals surface area (Å²) in [6.07, 6.45) is 0. The normalized spacial score (nSPS) is 16.0. The molecule has 1 heterocycles. The van der Waals surface area contributed by atoms with Gasteiger partial charge in [-0.25, -0.2) is 8.42 Å². The van der Waals surface area contributed by atoms with Crippen molar-refractivity contribution in [1.29, 1.82) is 0 Å². The summed E-state index contributed by atoms with van der Waals surface area (Å²) < 4.78 is 26.9. The van der Waals surface area contributed by atoms with Gasteiger partial charge in [-0.1, -0.05) is 35.9 Å². The second-order valence-corrected chi connectivity index (χ2v) is 8.34. The van der Waals surface area contributed by atoms with Crippen LogP contribution in [0.1, 0.15) is 15.9 Å². The van der Waals surface area contributed by atoms with Gasteiger partial charge in [-0.05, 0) is 36.8 Å². The van der Waals surface area contributed by atoms with Gasteiger partial charge in [-0.3, -0.25) is 4.79 Å². The van der Waals surface area contributed by atoms with E-state index in [4.69, 9.17) is 11.6 Å². The van der Waals surface area contributed by atoms with Crippen molar-refractivity contribution in [3.63, 3.8) is 0 Å². The first-order valence-corrected chi connectivity index (χ1v) is 9.82. The molecule has 0 aliphatic carbocycles. The van der Waals surface area contributed by atoms with Crippen LogP contribution in [0.2, 0.25) is 5.02 Å². The van der Waals surface area contributed by atoms with E-state index in [9.17, 15) is 13.2 Å². The Hall–Kier alpha value is -1.89. The zero-order valence-corrected chi connectivity index (χ0v) is 15.4. The van der Waals surface area contributed by atoms with Gasteiger partial charge in [0.25, 0.3) is 5.91 Å². The second-order valence-electron chi connectivity index (χ2n) is 5.99. The fourth-order valence-electron chi connectivity index (χ4n) is 2.86. The molecule has 0 saturated carbocycles. The molecule has 25 heavy (non-hydrogen) atoms. The largest absolute Gasteiger partial charge is 0.336 e. The number of carbonyl (C=O) groups excluding carboxylic acids is 1. The van der Waals surface area contributed by atoms with E-state index in [1.165, 1.54) is 4.31 Å². The monoisotopic (exact) mass is 378 g/mol. The van der Waals surface area contributed by atoms with Crippen LogP contribution >= 0.6 is 11.6 Å². The highest BCUT2D eigenvalue weighted by molar-refractivity contribution is 7.89. The minimum atomic E-state index is -3.54. The van der Waals surface area contributed by atoms with Gasteiger partial charge >= 0.3 is 0 Å². The lowest BCUT2D eigenvalue weighted by molar-refractivity contribution is 0.0698. The number of sulfonamides is 1. The summed E-state index contributed by atoms with van der Waals surface area (Å²) in [5, 5.41) is 0.405. The highest BCUT2D eigenvalue weighted by atomic mass is 35.5. The first kappa shape index (κ1) is 17.9. The van der Waals surface area contributed by atoms with Crippen LogP contribution in [-0.4, -0.2) is 49.7 Å². The standard InChI is InChI=1S/C18H19ClN2O3S/c1-14-5-4-6-15(13-14)25(23,24)21-11-9-20(10-12-21)18(22)16-7-2-3-8-17(16)19/h2-8,13H,9-12H2,1H3. The van der Waals surface area contributed by atoms with Gasteiger partial charge in [0.1, 0.15) is 0 Å². The van der Waals surface area contributed by atoms with Gasteiger partial charge < -0.3 is 4.90 Å². The summed E-state index contributed by atoms with van der Waals surface area (Å²) in [5.41, 5.74) is 1.34. The van der Waals surface area contributed by atoms with Crippen LogP contribution in [0.4, 0.5) is 0 Å². The Morgan fingerprint density at radius 1 is 1.00 bits per heavy atom. The molecule has 0 spiro atoms. The number of piperazine rings is 1. The van der Waals surface area contributed by atoms with Crippen molar-refractivity contribution in [2.75, 3.05) is 26.2 Å². The van der Waals surface area contributed by atoms with E-state index < -0.39 is 10.0 Å². The molecule has 0 N–H and O–H groups in total. The van der Waals surface area contributed by atoms with Gasteiger partial charge in [0.15, 0.2) is 0 Å². The summed E-state index contributed by atoms with van der Waals surface area (Å²) >= 11 is 6.08. The number of halogens is 1.